The van der Waals surface area contributed by atoms with Crippen LogP contribution in [0.2, 0.25) is 6.04 Å². The van der Waals surface area contributed by atoms with E-state index in [1.165, 1.54) is 6.42 Å². The van der Waals surface area contributed by atoms with E-state index in [4.69, 9.17) is 8.85 Å². The fraction of sp³-hybridized carbons (Fsp3) is 1.00. The van der Waals surface area contributed by atoms with Gasteiger partial charge in [0.15, 0.2) is 0 Å². The molecule has 1 fully saturated rings. The summed E-state index contributed by atoms with van der Waals surface area (Å²) in [7, 11) is 1.66. The minimum absolute atomic E-state index is 1.05. The van der Waals surface area contributed by atoms with Crippen molar-refractivity contribution in [1.29, 1.82) is 0 Å². The van der Waals surface area contributed by atoms with E-state index in [2.05, 4.69) is 11.5 Å². The van der Waals surface area contributed by atoms with Crippen LogP contribution in [-0.2, 0) is 8.85 Å². The summed E-state index contributed by atoms with van der Waals surface area (Å²) in [4.78, 5) is 0. The second kappa shape index (κ2) is 3.67. The molecule has 0 unspecified atom stereocenters. The van der Waals surface area contributed by atoms with Gasteiger partial charge in [-0.25, -0.2) is 0 Å². The third kappa shape index (κ3) is 1.49. The highest BCUT2D eigenvalue weighted by Crippen LogP contribution is 2.26. The first kappa shape index (κ1) is 9.19. The van der Waals surface area contributed by atoms with E-state index in [-0.39, 0.29) is 0 Å². The van der Waals surface area contributed by atoms with E-state index < -0.39 is 8.72 Å². The lowest BCUT2D eigenvalue weighted by atomic mass is 10.5. The topological polar surface area (TPSA) is 21.7 Å². The molecule has 0 aliphatic carbocycles. The van der Waals surface area contributed by atoms with Gasteiger partial charge in [0.05, 0.1) is 0 Å². The zero-order valence-corrected chi connectivity index (χ0v) is 8.59. The fourth-order valence-electron chi connectivity index (χ4n) is 1.77. The van der Waals surface area contributed by atoms with Crippen LogP contribution >= 0.6 is 0 Å². The second-order valence-electron chi connectivity index (χ2n) is 2.80. The van der Waals surface area contributed by atoms with Crippen molar-refractivity contribution in [2.45, 2.75) is 19.4 Å². The maximum absolute atomic E-state index is 5.49. The molecule has 0 saturated carbocycles. The summed E-state index contributed by atoms with van der Waals surface area (Å²) >= 11 is 0. The van der Waals surface area contributed by atoms with Gasteiger partial charge in [0.25, 0.3) is 0 Å². The van der Waals surface area contributed by atoms with Gasteiger partial charge < -0.3 is 8.85 Å². The van der Waals surface area contributed by atoms with Crippen LogP contribution < -0.4 is 0 Å². The van der Waals surface area contributed by atoms with Gasteiger partial charge in [0, 0.05) is 20.3 Å². The molecule has 1 rings (SSSR count). The number of hydrogen-bond acceptors (Lipinski definition) is 3. The van der Waals surface area contributed by atoms with E-state index in [1.54, 1.807) is 14.2 Å². The Morgan fingerprint density at radius 1 is 1.36 bits per heavy atom. The molecule has 3 nitrogen and oxygen atoms in total. The molecule has 0 N–H and O–H groups in total. The molecule has 0 atom stereocenters. The lowest BCUT2D eigenvalue weighted by molar-refractivity contribution is 0.185. The standard InChI is InChI=1S/C7H17NO2Si/c1-4-8-6-5-7-11(8,9-2)10-3/h4-7H2,1-3H3. The Balaban J connectivity index is 2.63. The van der Waals surface area contributed by atoms with Crippen LogP contribution in [0.3, 0.4) is 0 Å². The molecule has 1 saturated heterocycles. The Hall–Kier alpha value is 0.0969. The first-order valence-electron chi connectivity index (χ1n) is 4.14. The monoisotopic (exact) mass is 175 g/mol. The van der Waals surface area contributed by atoms with Crippen molar-refractivity contribution in [3.8, 4) is 0 Å². The predicted octanol–water partition coefficient (Wildman–Crippen LogP) is 0.944. The lowest BCUT2D eigenvalue weighted by Crippen LogP contribution is -2.52. The first-order valence-corrected chi connectivity index (χ1v) is 6.11. The van der Waals surface area contributed by atoms with Gasteiger partial charge in [-0.1, -0.05) is 6.92 Å². The van der Waals surface area contributed by atoms with Crippen molar-refractivity contribution in [1.82, 2.24) is 4.57 Å². The Morgan fingerprint density at radius 2 is 2.00 bits per heavy atom. The van der Waals surface area contributed by atoms with Crippen LogP contribution in [0.5, 0.6) is 0 Å². The van der Waals surface area contributed by atoms with Gasteiger partial charge in [-0.15, -0.1) is 0 Å². The Labute approximate surface area is 69.6 Å². The maximum Gasteiger partial charge on any atom is 0.427 e. The quantitative estimate of drug-likeness (QED) is 0.596. The first-order chi connectivity index (χ1) is 5.29. The molecule has 66 valence electrons. The normalized spacial score (nSPS) is 24.3. The highest BCUT2D eigenvalue weighted by Gasteiger charge is 2.46. The molecule has 0 bridgehead atoms. The van der Waals surface area contributed by atoms with Crippen molar-refractivity contribution in [2.75, 3.05) is 27.3 Å². The molecule has 4 heteroatoms. The summed E-state index contributed by atoms with van der Waals surface area (Å²) in [5, 5.41) is 0. The van der Waals surface area contributed by atoms with Crippen molar-refractivity contribution in [2.24, 2.45) is 0 Å². The van der Waals surface area contributed by atoms with Gasteiger partial charge in [0.1, 0.15) is 0 Å². The molecular formula is C7H17NO2Si. The second-order valence-corrected chi connectivity index (χ2v) is 6.18. The van der Waals surface area contributed by atoms with Crippen LogP contribution in [0.4, 0.5) is 0 Å². The Bertz CT molecular complexity index is 128. The molecule has 0 radical (unpaired) electrons. The molecule has 0 aromatic heterocycles. The van der Waals surface area contributed by atoms with E-state index in [0.717, 1.165) is 19.1 Å². The molecule has 1 aliphatic rings. The van der Waals surface area contributed by atoms with Crippen LogP contribution in [0.25, 0.3) is 0 Å². The highest BCUT2D eigenvalue weighted by atomic mass is 28.4. The Kier molecular flexibility index (Phi) is 3.06. The summed E-state index contributed by atoms with van der Waals surface area (Å²) in [5.74, 6) is 0. The molecule has 1 aliphatic heterocycles. The summed E-state index contributed by atoms with van der Waals surface area (Å²) in [6.07, 6.45) is 1.22. The largest absolute Gasteiger partial charge is 0.427 e. The zero-order valence-electron chi connectivity index (χ0n) is 7.59. The van der Waals surface area contributed by atoms with Crippen LogP contribution in [0.15, 0.2) is 0 Å². The molecule has 0 amide bonds. The van der Waals surface area contributed by atoms with E-state index in [9.17, 15) is 0 Å². The SMILES string of the molecule is CCN1CCC[Si]1(OC)OC. The smallest absolute Gasteiger partial charge is 0.386 e. The van der Waals surface area contributed by atoms with Gasteiger partial charge in [-0.2, -0.15) is 0 Å². The van der Waals surface area contributed by atoms with Crippen molar-refractivity contribution >= 4 is 8.72 Å². The summed E-state index contributed by atoms with van der Waals surface area (Å²) < 4.78 is 13.3. The number of nitrogens with zero attached hydrogens (tertiary/aromatic N) is 1. The summed E-state index contributed by atoms with van der Waals surface area (Å²) in [6, 6.07) is 1.12. The number of hydrogen-bond donors (Lipinski definition) is 0. The third-order valence-corrected chi connectivity index (χ3v) is 6.19. The molecule has 11 heavy (non-hydrogen) atoms. The van der Waals surface area contributed by atoms with Crippen molar-refractivity contribution < 1.29 is 8.85 Å². The van der Waals surface area contributed by atoms with E-state index in [1.807, 2.05) is 0 Å². The van der Waals surface area contributed by atoms with Crippen molar-refractivity contribution in [3.05, 3.63) is 0 Å². The molecule has 1 heterocycles. The van der Waals surface area contributed by atoms with Gasteiger partial charge in [0.2, 0.25) is 0 Å². The molecule has 0 aromatic rings. The third-order valence-electron chi connectivity index (χ3n) is 2.42. The maximum atomic E-state index is 5.49. The van der Waals surface area contributed by atoms with Crippen LogP contribution in [0, 0.1) is 0 Å². The van der Waals surface area contributed by atoms with E-state index in [0.29, 0.717) is 0 Å². The summed E-state index contributed by atoms with van der Waals surface area (Å²) in [5.41, 5.74) is 0. The predicted molar refractivity (Wildman–Crippen MR) is 46.4 cm³/mol. The van der Waals surface area contributed by atoms with E-state index >= 15 is 0 Å². The average molecular weight is 175 g/mol. The van der Waals surface area contributed by atoms with Gasteiger partial charge >= 0.3 is 8.72 Å². The average Bonchev–Trinajstić information content (AvgIpc) is 2.47. The minimum Gasteiger partial charge on any atom is -0.386 e. The lowest BCUT2D eigenvalue weighted by Gasteiger charge is -2.30. The van der Waals surface area contributed by atoms with Crippen LogP contribution in [-0.4, -0.2) is 40.6 Å². The molecular weight excluding hydrogens is 158 g/mol. The fourth-order valence-corrected chi connectivity index (χ4v) is 4.76. The van der Waals surface area contributed by atoms with Gasteiger partial charge in [-0.3, -0.25) is 4.57 Å². The van der Waals surface area contributed by atoms with Crippen LogP contribution in [0.1, 0.15) is 13.3 Å². The van der Waals surface area contributed by atoms with Gasteiger partial charge in [-0.05, 0) is 19.5 Å². The molecule has 0 aromatic carbocycles. The summed E-state index contributed by atoms with van der Waals surface area (Å²) in [6.45, 7) is 4.35. The van der Waals surface area contributed by atoms with Crippen molar-refractivity contribution in [3.63, 3.8) is 0 Å². The highest BCUT2D eigenvalue weighted by molar-refractivity contribution is 6.65. The number of rotatable bonds is 3. The Morgan fingerprint density at radius 3 is 2.36 bits per heavy atom. The molecule has 0 spiro atoms. The zero-order chi connectivity index (χ0) is 8.32. The minimum atomic E-state index is -1.88.